The molecule has 1 aromatic rings. The van der Waals surface area contributed by atoms with E-state index in [0.717, 1.165) is 38.4 Å². The predicted molar refractivity (Wildman–Crippen MR) is 69.7 cm³/mol. The summed E-state index contributed by atoms with van der Waals surface area (Å²) in [6.07, 6.45) is 1.14. The van der Waals surface area contributed by atoms with Crippen LogP contribution in [-0.4, -0.2) is 38.2 Å². The molecule has 0 unspecified atom stereocenters. The summed E-state index contributed by atoms with van der Waals surface area (Å²) >= 11 is 0. The van der Waals surface area contributed by atoms with Crippen LogP contribution in [0.2, 0.25) is 0 Å². The first-order chi connectivity index (χ1) is 8.15. The van der Waals surface area contributed by atoms with Gasteiger partial charge in [-0.25, -0.2) is 0 Å². The molecule has 3 rings (SSSR count). The van der Waals surface area contributed by atoms with Crippen molar-refractivity contribution in [3.8, 4) is 5.75 Å². The molecule has 3 heteroatoms. The highest BCUT2D eigenvalue weighted by Crippen LogP contribution is 2.31. The van der Waals surface area contributed by atoms with Crippen molar-refractivity contribution in [3.05, 3.63) is 23.8 Å². The maximum Gasteiger partial charge on any atom is 0.121 e. The summed E-state index contributed by atoms with van der Waals surface area (Å²) in [5.74, 6) is 0.994. The van der Waals surface area contributed by atoms with Crippen LogP contribution in [0.15, 0.2) is 18.2 Å². The molecule has 1 N–H and O–H groups in total. The summed E-state index contributed by atoms with van der Waals surface area (Å²) in [6, 6.07) is 6.41. The zero-order chi connectivity index (χ0) is 11.9. The first-order valence-electron chi connectivity index (χ1n) is 6.33. The Morgan fingerprint density at radius 2 is 2.24 bits per heavy atom. The fourth-order valence-electron chi connectivity index (χ4n) is 2.97. The van der Waals surface area contributed by atoms with E-state index in [1.165, 1.54) is 11.3 Å². The Kier molecular flexibility index (Phi) is 2.51. The minimum Gasteiger partial charge on any atom is -0.493 e. The van der Waals surface area contributed by atoms with E-state index in [9.17, 15) is 0 Å². The van der Waals surface area contributed by atoms with Crippen LogP contribution >= 0.6 is 0 Å². The summed E-state index contributed by atoms with van der Waals surface area (Å²) in [7, 11) is 2.15. The van der Waals surface area contributed by atoms with E-state index in [2.05, 4.69) is 42.4 Å². The third-order valence-electron chi connectivity index (χ3n) is 3.68. The number of anilines is 1. The third kappa shape index (κ3) is 2.12. The molecule has 0 amide bonds. The molecule has 1 fully saturated rings. The first kappa shape index (κ1) is 10.9. The normalized spacial score (nSPS) is 21.5. The van der Waals surface area contributed by atoms with E-state index in [4.69, 9.17) is 4.74 Å². The fourth-order valence-corrected chi connectivity index (χ4v) is 2.97. The van der Waals surface area contributed by atoms with E-state index in [0.29, 0.717) is 5.41 Å². The molecular weight excluding hydrogens is 212 g/mol. The number of nitrogens with one attached hydrogen (secondary N) is 1. The van der Waals surface area contributed by atoms with Crippen molar-refractivity contribution < 1.29 is 4.74 Å². The molecule has 0 aliphatic carbocycles. The van der Waals surface area contributed by atoms with Crippen LogP contribution in [0.3, 0.4) is 0 Å². The molecule has 0 radical (unpaired) electrons. The molecule has 2 aliphatic heterocycles. The van der Waals surface area contributed by atoms with Gasteiger partial charge < -0.3 is 15.0 Å². The second kappa shape index (κ2) is 3.91. The largest absolute Gasteiger partial charge is 0.493 e. The van der Waals surface area contributed by atoms with Gasteiger partial charge in [-0.15, -0.1) is 0 Å². The summed E-state index contributed by atoms with van der Waals surface area (Å²) in [4.78, 5) is 2.33. The van der Waals surface area contributed by atoms with E-state index < -0.39 is 0 Å². The van der Waals surface area contributed by atoms with Gasteiger partial charge in [-0.05, 0) is 25.1 Å². The molecule has 0 spiro atoms. The lowest BCUT2D eigenvalue weighted by Crippen LogP contribution is -2.55. The Bertz CT molecular complexity index is 424. The van der Waals surface area contributed by atoms with Crippen LogP contribution in [0, 0.1) is 5.41 Å². The summed E-state index contributed by atoms with van der Waals surface area (Å²) in [5, 5.41) is 3.38. The van der Waals surface area contributed by atoms with Gasteiger partial charge in [-0.2, -0.15) is 0 Å². The molecule has 1 saturated heterocycles. The number of rotatable bonds is 3. The van der Waals surface area contributed by atoms with Crippen molar-refractivity contribution in [2.45, 2.75) is 13.3 Å². The van der Waals surface area contributed by atoms with Crippen molar-refractivity contribution >= 4 is 5.69 Å². The standard InChI is InChI=1S/C14H20N2O/c1-14(8-16(2)9-14)10-17-12-4-3-11-5-6-15-13(11)7-12/h3-4,7,15H,5-6,8-10H2,1-2H3. The second-order valence-corrected chi connectivity index (χ2v) is 5.77. The summed E-state index contributed by atoms with van der Waals surface area (Å²) in [5.41, 5.74) is 2.99. The van der Waals surface area contributed by atoms with Crippen LogP contribution in [0.5, 0.6) is 5.75 Å². The zero-order valence-electron chi connectivity index (χ0n) is 10.6. The topological polar surface area (TPSA) is 24.5 Å². The van der Waals surface area contributed by atoms with Gasteiger partial charge in [0.15, 0.2) is 0 Å². The Morgan fingerprint density at radius 1 is 1.41 bits per heavy atom. The number of ether oxygens (including phenoxy) is 1. The zero-order valence-corrected chi connectivity index (χ0v) is 10.6. The Labute approximate surface area is 103 Å². The minimum absolute atomic E-state index is 0.335. The summed E-state index contributed by atoms with van der Waals surface area (Å²) in [6.45, 7) is 6.43. The van der Waals surface area contributed by atoms with Gasteiger partial charge in [0.05, 0.1) is 6.61 Å². The summed E-state index contributed by atoms with van der Waals surface area (Å²) < 4.78 is 5.92. The van der Waals surface area contributed by atoms with Crippen LogP contribution in [-0.2, 0) is 6.42 Å². The number of fused-ring (bicyclic) bond motifs is 1. The van der Waals surface area contributed by atoms with Crippen LogP contribution in [0.1, 0.15) is 12.5 Å². The fraction of sp³-hybridized carbons (Fsp3) is 0.571. The first-order valence-corrected chi connectivity index (χ1v) is 6.33. The molecule has 1 aromatic carbocycles. The van der Waals surface area contributed by atoms with Gasteiger partial charge in [0.25, 0.3) is 0 Å². The van der Waals surface area contributed by atoms with Crippen molar-refractivity contribution in [1.82, 2.24) is 4.90 Å². The van der Waals surface area contributed by atoms with E-state index in [1.807, 2.05) is 0 Å². The molecule has 0 atom stereocenters. The average Bonchev–Trinajstić information content (AvgIpc) is 2.71. The van der Waals surface area contributed by atoms with Gasteiger partial charge in [0.2, 0.25) is 0 Å². The van der Waals surface area contributed by atoms with E-state index in [-0.39, 0.29) is 0 Å². The highest BCUT2D eigenvalue weighted by atomic mass is 16.5. The van der Waals surface area contributed by atoms with Gasteiger partial charge in [0.1, 0.15) is 5.75 Å². The van der Waals surface area contributed by atoms with Crippen molar-refractivity contribution in [1.29, 1.82) is 0 Å². The van der Waals surface area contributed by atoms with E-state index >= 15 is 0 Å². The Balaban J connectivity index is 1.62. The number of benzene rings is 1. The number of nitrogens with zero attached hydrogens (tertiary/aromatic N) is 1. The molecule has 0 bridgehead atoms. The lowest BCUT2D eigenvalue weighted by molar-refractivity contribution is -0.00135. The maximum atomic E-state index is 5.92. The second-order valence-electron chi connectivity index (χ2n) is 5.77. The van der Waals surface area contributed by atoms with Crippen LogP contribution in [0.4, 0.5) is 5.69 Å². The molecule has 2 aliphatic rings. The van der Waals surface area contributed by atoms with Crippen molar-refractivity contribution in [2.75, 3.05) is 38.6 Å². The smallest absolute Gasteiger partial charge is 0.121 e. The molecule has 92 valence electrons. The van der Waals surface area contributed by atoms with Crippen LogP contribution < -0.4 is 10.1 Å². The molecule has 0 saturated carbocycles. The van der Waals surface area contributed by atoms with Gasteiger partial charge in [0, 0.05) is 36.8 Å². The van der Waals surface area contributed by atoms with Gasteiger partial charge >= 0.3 is 0 Å². The Morgan fingerprint density at radius 3 is 3.00 bits per heavy atom. The molecule has 3 nitrogen and oxygen atoms in total. The van der Waals surface area contributed by atoms with Crippen LogP contribution in [0.25, 0.3) is 0 Å². The monoisotopic (exact) mass is 232 g/mol. The number of likely N-dealkylation sites (tertiary alicyclic amines) is 1. The maximum absolute atomic E-state index is 5.92. The molecule has 0 aromatic heterocycles. The predicted octanol–water partition coefficient (Wildman–Crippen LogP) is 1.99. The number of hydrogen-bond donors (Lipinski definition) is 1. The third-order valence-corrected chi connectivity index (χ3v) is 3.68. The molecular formula is C14H20N2O. The van der Waals surface area contributed by atoms with Crippen molar-refractivity contribution in [3.63, 3.8) is 0 Å². The molecule has 17 heavy (non-hydrogen) atoms. The lowest BCUT2D eigenvalue weighted by atomic mass is 9.83. The van der Waals surface area contributed by atoms with E-state index in [1.54, 1.807) is 0 Å². The quantitative estimate of drug-likeness (QED) is 0.862. The highest BCUT2D eigenvalue weighted by Gasteiger charge is 2.37. The van der Waals surface area contributed by atoms with Gasteiger partial charge in [-0.1, -0.05) is 13.0 Å². The molecule has 2 heterocycles. The average molecular weight is 232 g/mol. The lowest BCUT2D eigenvalue weighted by Gasteiger charge is -2.45. The number of hydrogen-bond acceptors (Lipinski definition) is 3. The SMILES string of the molecule is CN1CC(C)(COc2ccc3c(c2)NCC3)C1. The minimum atomic E-state index is 0.335. The Hall–Kier alpha value is -1.22. The highest BCUT2D eigenvalue weighted by molar-refractivity contribution is 5.58. The van der Waals surface area contributed by atoms with Crippen molar-refractivity contribution in [2.24, 2.45) is 5.41 Å². The van der Waals surface area contributed by atoms with Gasteiger partial charge in [-0.3, -0.25) is 0 Å².